The normalized spacial score (nSPS) is 13.8. The third kappa shape index (κ3) is 3.84. The van der Waals surface area contributed by atoms with Crippen molar-refractivity contribution in [2.75, 3.05) is 11.9 Å². The molecule has 2 aromatic rings. The number of hydrogen-bond acceptors (Lipinski definition) is 2. The highest BCUT2D eigenvalue weighted by atomic mass is 14.9. The third-order valence-corrected chi connectivity index (χ3v) is 3.80. The monoisotopic (exact) mass is 268 g/mol. The standard InChI is InChI=1S/C18H24N2/c1-14-8-6-7-11-18(14)20-17(13-19)12-15(2)16-9-4-3-5-10-16/h3-11,15,17,20H,12-13,19H2,1-2H3. The fraction of sp³-hybridized carbons (Fsp3) is 0.333. The molecule has 2 aromatic carbocycles. The molecule has 0 aliphatic carbocycles. The zero-order valence-corrected chi connectivity index (χ0v) is 12.3. The summed E-state index contributed by atoms with van der Waals surface area (Å²) in [5.74, 6) is 0.501. The SMILES string of the molecule is Cc1ccccc1NC(CN)CC(C)c1ccccc1. The highest BCUT2D eigenvalue weighted by molar-refractivity contribution is 5.51. The number of anilines is 1. The van der Waals surface area contributed by atoms with Gasteiger partial charge in [0.2, 0.25) is 0 Å². The number of benzene rings is 2. The van der Waals surface area contributed by atoms with Gasteiger partial charge in [-0.25, -0.2) is 0 Å². The molecule has 2 rings (SSSR count). The van der Waals surface area contributed by atoms with E-state index in [-0.39, 0.29) is 0 Å². The lowest BCUT2D eigenvalue weighted by atomic mass is 9.93. The van der Waals surface area contributed by atoms with Crippen molar-refractivity contribution in [3.63, 3.8) is 0 Å². The molecule has 3 N–H and O–H groups in total. The van der Waals surface area contributed by atoms with Gasteiger partial charge in [0, 0.05) is 18.3 Å². The van der Waals surface area contributed by atoms with Crippen LogP contribution >= 0.6 is 0 Å². The maximum Gasteiger partial charge on any atom is 0.0389 e. The van der Waals surface area contributed by atoms with Crippen molar-refractivity contribution in [3.05, 3.63) is 65.7 Å². The quantitative estimate of drug-likeness (QED) is 0.833. The van der Waals surface area contributed by atoms with Crippen LogP contribution in [0.4, 0.5) is 5.69 Å². The summed E-state index contributed by atoms with van der Waals surface area (Å²) < 4.78 is 0. The van der Waals surface area contributed by atoms with Crippen molar-refractivity contribution in [3.8, 4) is 0 Å². The topological polar surface area (TPSA) is 38.0 Å². The maximum atomic E-state index is 5.93. The Morgan fingerprint density at radius 2 is 1.65 bits per heavy atom. The predicted octanol–water partition coefficient (Wildman–Crippen LogP) is 3.93. The maximum absolute atomic E-state index is 5.93. The van der Waals surface area contributed by atoms with Crippen LogP contribution in [0.25, 0.3) is 0 Å². The molecule has 0 saturated heterocycles. The van der Waals surface area contributed by atoms with Crippen molar-refractivity contribution in [1.82, 2.24) is 0 Å². The number of para-hydroxylation sites is 1. The predicted molar refractivity (Wildman–Crippen MR) is 87.1 cm³/mol. The lowest BCUT2D eigenvalue weighted by Gasteiger charge is -2.23. The van der Waals surface area contributed by atoms with Gasteiger partial charge in [-0.2, -0.15) is 0 Å². The Balaban J connectivity index is 2.01. The Morgan fingerprint density at radius 3 is 2.30 bits per heavy atom. The highest BCUT2D eigenvalue weighted by Gasteiger charge is 2.13. The van der Waals surface area contributed by atoms with Gasteiger partial charge in [-0.3, -0.25) is 0 Å². The number of nitrogens with one attached hydrogen (secondary N) is 1. The van der Waals surface area contributed by atoms with Crippen LogP contribution in [0.2, 0.25) is 0 Å². The number of aryl methyl sites for hydroxylation is 1. The number of nitrogens with two attached hydrogens (primary N) is 1. The molecule has 0 fully saturated rings. The molecule has 0 aromatic heterocycles. The molecule has 0 spiro atoms. The van der Waals surface area contributed by atoms with Crippen LogP contribution in [-0.2, 0) is 0 Å². The van der Waals surface area contributed by atoms with Gasteiger partial charge in [0.25, 0.3) is 0 Å². The summed E-state index contributed by atoms with van der Waals surface area (Å²) in [5.41, 5.74) is 9.75. The fourth-order valence-corrected chi connectivity index (χ4v) is 2.51. The molecule has 2 unspecified atom stereocenters. The van der Waals surface area contributed by atoms with E-state index in [0.29, 0.717) is 18.5 Å². The summed E-state index contributed by atoms with van der Waals surface area (Å²) in [6.07, 6.45) is 1.04. The molecule has 0 bridgehead atoms. The van der Waals surface area contributed by atoms with Crippen LogP contribution < -0.4 is 11.1 Å². The second kappa shape index (κ2) is 7.11. The van der Waals surface area contributed by atoms with Crippen LogP contribution in [0.15, 0.2) is 54.6 Å². The van der Waals surface area contributed by atoms with E-state index in [0.717, 1.165) is 6.42 Å². The Bertz CT molecular complexity index is 522. The largest absolute Gasteiger partial charge is 0.381 e. The summed E-state index contributed by atoms with van der Waals surface area (Å²) in [6.45, 7) is 5.03. The molecule has 20 heavy (non-hydrogen) atoms. The molecule has 2 atom stereocenters. The van der Waals surface area contributed by atoms with Crippen LogP contribution in [0.3, 0.4) is 0 Å². The van der Waals surface area contributed by atoms with Gasteiger partial charge in [0.05, 0.1) is 0 Å². The van der Waals surface area contributed by atoms with Crippen LogP contribution in [0.5, 0.6) is 0 Å². The smallest absolute Gasteiger partial charge is 0.0389 e. The number of rotatable bonds is 6. The molecule has 0 amide bonds. The lowest BCUT2D eigenvalue weighted by molar-refractivity contribution is 0.585. The van der Waals surface area contributed by atoms with E-state index in [2.05, 4.69) is 73.8 Å². The molecular weight excluding hydrogens is 244 g/mol. The van der Waals surface area contributed by atoms with E-state index >= 15 is 0 Å². The molecule has 0 aliphatic heterocycles. The second-order valence-electron chi connectivity index (χ2n) is 5.44. The summed E-state index contributed by atoms with van der Waals surface area (Å²) in [4.78, 5) is 0. The molecule has 0 heterocycles. The van der Waals surface area contributed by atoms with E-state index in [9.17, 15) is 0 Å². The Labute approximate surface area is 122 Å². The molecule has 2 nitrogen and oxygen atoms in total. The van der Waals surface area contributed by atoms with Gasteiger partial charge in [0.15, 0.2) is 0 Å². The van der Waals surface area contributed by atoms with Gasteiger partial charge in [0.1, 0.15) is 0 Å². The summed E-state index contributed by atoms with van der Waals surface area (Å²) in [5, 5.41) is 3.57. The Hall–Kier alpha value is -1.80. The van der Waals surface area contributed by atoms with Crippen LogP contribution in [-0.4, -0.2) is 12.6 Å². The zero-order chi connectivity index (χ0) is 14.4. The van der Waals surface area contributed by atoms with E-state index in [1.54, 1.807) is 0 Å². The summed E-state index contributed by atoms with van der Waals surface area (Å²) >= 11 is 0. The molecule has 0 radical (unpaired) electrons. The van der Waals surface area contributed by atoms with Crippen molar-refractivity contribution >= 4 is 5.69 Å². The summed E-state index contributed by atoms with van der Waals surface area (Å²) in [6, 6.07) is 19.3. The van der Waals surface area contributed by atoms with Crippen molar-refractivity contribution < 1.29 is 0 Å². The second-order valence-corrected chi connectivity index (χ2v) is 5.44. The lowest BCUT2D eigenvalue weighted by Crippen LogP contribution is -2.30. The highest BCUT2D eigenvalue weighted by Crippen LogP contribution is 2.22. The van der Waals surface area contributed by atoms with E-state index in [1.807, 2.05) is 0 Å². The van der Waals surface area contributed by atoms with Gasteiger partial charge >= 0.3 is 0 Å². The van der Waals surface area contributed by atoms with Crippen molar-refractivity contribution in [2.45, 2.75) is 32.2 Å². The first-order chi connectivity index (χ1) is 9.70. The van der Waals surface area contributed by atoms with Gasteiger partial charge in [-0.15, -0.1) is 0 Å². The van der Waals surface area contributed by atoms with Gasteiger partial charge in [-0.1, -0.05) is 55.5 Å². The average molecular weight is 268 g/mol. The van der Waals surface area contributed by atoms with Crippen LogP contribution in [0.1, 0.15) is 30.4 Å². The van der Waals surface area contributed by atoms with Crippen molar-refractivity contribution in [2.24, 2.45) is 5.73 Å². The van der Waals surface area contributed by atoms with E-state index in [1.165, 1.54) is 16.8 Å². The number of hydrogen-bond donors (Lipinski definition) is 2. The Kier molecular flexibility index (Phi) is 5.19. The third-order valence-electron chi connectivity index (χ3n) is 3.80. The minimum Gasteiger partial charge on any atom is -0.381 e. The van der Waals surface area contributed by atoms with E-state index < -0.39 is 0 Å². The first-order valence-corrected chi connectivity index (χ1v) is 7.28. The fourth-order valence-electron chi connectivity index (χ4n) is 2.51. The first-order valence-electron chi connectivity index (χ1n) is 7.28. The van der Waals surface area contributed by atoms with Gasteiger partial charge < -0.3 is 11.1 Å². The van der Waals surface area contributed by atoms with Crippen molar-refractivity contribution in [1.29, 1.82) is 0 Å². The molecule has 2 heteroatoms. The molecule has 0 aliphatic rings. The average Bonchev–Trinajstić information content (AvgIpc) is 2.49. The first kappa shape index (κ1) is 14.6. The zero-order valence-electron chi connectivity index (χ0n) is 12.3. The minimum atomic E-state index is 0.298. The van der Waals surface area contributed by atoms with E-state index in [4.69, 9.17) is 5.73 Å². The summed E-state index contributed by atoms with van der Waals surface area (Å²) in [7, 11) is 0. The van der Waals surface area contributed by atoms with Gasteiger partial charge in [-0.05, 0) is 36.5 Å². The van der Waals surface area contributed by atoms with Crippen LogP contribution in [0, 0.1) is 6.92 Å². The molecular formula is C18H24N2. The Morgan fingerprint density at radius 1 is 1.00 bits per heavy atom. The molecule has 106 valence electrons. The minimum absolute atomic E-state index is 0.298. The molecule has 0 saturated carbocycles.